The Labute approximate surface area is 121 Å². The van der Waals surface area contributed by atoms with Crippen LogP contribution in [0.2, 0.25) is 10.3 Å². The molecule has 0 aliphatic rings. The molecule has 0 unspecified atom stereocenters. The lowest BCUT2D eigenvalue weighted by Gasteiger charge is -2.18. The van der Waals surface area contributed by atoms with E-state index in [2.05, 4.69) is 9.97 Å². The molecule has 5 heteroatoms. The molecule has 2 nitrogen and oxygen atoms in total. The van der Waals surface area contributed by atoms with Gasteiger partial charge in [-0.3, -0.25) is 0 Å². The summed E-state index contributed by atoms with van der Waals surface area (Å²) in [4.78, 5) is 8.45. The maximum atomic E-state index is 13.8. The zero-order valence-corrected chi connectivity index (χ0v) is 12.3. The summed E-state index contributed by atoms with van der Waals surface area (Å²) in [6.07, 6.45) is 0. The number of halogens is 3. The van der Waals surface area contributed by atoms with E-state index in [-0.39, 0.29) is 15.7 Å². The second-order valence-corrected chi connectivity index (χ2v) is 5.95. The van der Waals surface area contributed by atoms with Gasteiger partial charge in [-0.25, -0.2) is 14.4 Å². The van der Waals surface area contributed by atoms with E-state index in [1.165, 1.54) is 6.07 Å². The van der Waals surface area contributed by atoms with E-state index in [1.807, 2.05) is 20.8 Å². The topological polar surface area (TPSA) is 25.8 Å². The largest absolute Gasteiger partial charge is 0.220 e. The second kappa shape index (κ2) is 5.06. The van der Waals surface area contributed by atoms with Crippen LogP contribution in [0.5, 0.6) is 0 Å². The van der Waals surface area contributed by atoms with Crippen LogP contribution >= 0.6 is 23.2 Å². The summed E-state index contributed by atoms with van der Waals surface area (Å²) in [5, 5.41) is 0.324. The molecule has 1 aromatic heterocycles. The van der Waals surface area contributed by atoms with Crippen LogP contribution in [0.4, 0.5) is 4.39 Å². The van der Waals surface area contributed by atoms with E-state index in [9.17, 15) is 4.39 Å². The summed E-state index contributed by atoms with van der Waals surface area (Å²) in [5.41, 5.74) is 0.355. The summed E-state index contributed by atoms with van der Waals surface area (Å²) in [6.45, 7) is 5.87. The van der Waals surface area contributed by atoms with Gasteiger partial charge in [0.1, 0.15) is 21.9 Å². The summed E-state index contributed by atoms with van der Waals surface area (Å²) < 4.78 is 13.8. The highest BCUT2D eigenvalue weighted by molar-refractivity contribution is 6.37. The Balaban J connectivity index is 2.65. The van der Waals surface area contributed by atoms with Crippen molar-refractivity contribution < 1.29 is 4.39 Å². The molecule has 0 spiro atoms. The molecule has 0 aliphatic carbocycles. The molecule has 0 saturated heterocycles. The molecule has 0 bridgehead atoms. The first-order chi connectivity index (χ1) is 8.80. The predicted molar refractivity (Wildman–Crippen MR) is 76.1 cm³/mol. The second-order valence-electron chi connectivity index (χ2n) is 5.23. The van der Waals surface area contributed by atoms with Crippen LogP contribution in [0.25, 0.3) is 11.1 Å². The number of nitrogens with zero attached hydrogens (tertiary/aromatic N) is 2. The zero-order chi connectivity index (χ0) is 14.2. The SMILES string of the molecule is CC(C)(C)c1nc(Cl)c(-c2ccccc2F)c(Cl)n1. The van der Waals surface area contributed by atoms with E-state index < -0.39 is 5.82 Å². The van der Waals surface area contributed by atoms with E-state index >= 15 is 0 Å². The molecule has 2 rings (SSSR count). The number of aromatic nitrogens is 2. The van der Waals surface area contributed by atoms with E-state index in [4.69, 9.17) is 23.2 Å². The Hall–Kier alpha value is -1.19. The number of hydrogen-bond acceptors (Lipinski definition) is 2. The molecule has 0 N–H and O–H groups in total. The van der Waals surface area contributed by atoms with Crippen LogP contribution in [0.15, 0.2) is 24.3 Å². The Morgan fingerprint density at radius 2 is 1.53 bits per heavy atom. The van der Waals surface area contributed by atoms with Gasteiger partial charge in [-0.2, -0.15) is 0 Å². The van der Waals surface area contributed by atoms with E-state index in [1.54, 1.807) is 18.2 Å². The van der Waals surface area contributed by atoms with Crippen molar-refractivity contribution in [3.8, 4) is 11.1 Å². The lowest BCUT2D eigenvalue weighted by atomic mass is 9.95. The van der Waals surface area contributed by atoms with Crippen LogP contribution in [-0.2, 0) is 5.41 Å². The molecule has 0 atom stereocenters. The number of rotatable bonds is 1. The molecular weight excluding hydrogens is 286 g/mol. The summed E-state index contributed by atoms with van der Waals surface area (Å²) in [5.74, 6) is 0.126. The minimum atomic E-state index is -0.404. The fraction of sp³-hybridized carbons (Fsp3) is 0.286. The third kappa shape index (κ3) is 2.88. The average molecular weight is 299 g/mol. The first-order valence-electron chi connectivity index (χ1n) is 5.79. The fourth-order valence-corrected chi connectivity index (χ4v) is 2.22. The van der Waals surface area contributed by atoms with Crippen LogP contribution < -0.4 is 0 Å². The van der Waals surface area contributed by atoms with Gasteiger partial charge in [-0.1, -0.05) is 62.2 Å². The lowest BCUT2D eigenvalue weighted by molar-refractivity contribution is 0.545. The third-order valence-corrected chi connectivity index (χ3v) is 3.18. The molecular formula is C14H13Cl2FN2. The number of benzene rings is 1. The normalized spacial score (nSPS) is 11.7. The van der Waals surface area contributed by atoms with Gasteiger partial charge < -0.3 is 0 Å². The van der Waals surface area contributed by atoms with Crippen LogP contribution in [0.1, 0.15) is 26.6 Å². The summed E-state index contributed by atoms with van der Waals surface area (Å²) in [6, 6.07) is 6.26. The minimum Gasteiger partial charge on any atom is -0.220 e. The van der Waals surface area contributed by atoms with Gasteiger partial charge in [-0.05, 0) is 6.07 Å². The highest BCUT2D eigenvalue weighted by Crippen LogP contribution is 2.35. The van der Waals surface area contributed by atoms with Gasteiger partial charge in [0, 0.05) is 11.0 Å². The van der Waals surface area contributed by atoms with Gasteiger partial charge in [0.2, 0.25) is 0 Å². The van der Waals surface area contributed by atoms with Crippen molar-refractivity contribution in [2.75, 3.05) is 0 Å². The molecule has 0 amide bonds. The molecule has 100 valence electrons. The molecule has 0 fully saturated rings. The van der Waals surface area contributed by atoms with Gasteiger partial charge >= 0.3 is 0 Å². The summed E-state index contributed by atoms with van der Waals surface area (Å²) in [7, 11) is 0. The quantitative estimate of drug-likeness (QED) is 0.701. The van der Waals surface area contributed by atoms with Crippen molar-refractivity contribution >= 4 is 23.2 Å². The average Bonchev–Trinajstić information content (AvgIpc) is 2.29. The van der Waals surface area contributed by atoms with Crippen molar-refractivity contribution in [1.82, 2.24) is 9.97 Å². The van der Waals surface area contributed by atoms with Crippen LogP contribution in [0, 0.1) is 5.82 Å². The van der Waals surface area contributed by atoms with Crippen LogP contribution in [0.3, 0.4) is 0 Å². The standard InChI is InChI=1S/C14H13Cl2FN2/c1-14(2,3)13-18-11(15)10(12(16)19-13)8-6-4-5-7-9(8)17/h4-7H,1-3H3. The van der Waals surface area contributed by atoms with Gasteiger partial charge in [0.05, 0.1) is 5.56 Å². The maximum Gasteiger partial charge on any atom is 0.142 e. The third-order valence-electron chi connectivity index (χ3n) is 2.63. The zero-order valence-electron chi connectivity index (χ0n) is 10.8. The van der Waals surface area contributed by atoms with Crippen molar-refractivity contribution in [2.24, 2.45) is 0 Å². The number of hydrogen-bond donors (Lipinski definition) is 0. The molecule has 1 aromatic carbocycles. The minimum absolute atomic E-state index is 0.162. The highest BCUT2D eigenvalue weighted by Gasteiger charge is 2.22. The lowest BCUT2D eigenvalue weighted by Crippen LogP contribution is -2.16. The molecule has 1 heterocycles. The van der Waals surface area contributed by atoms with Gasteiger partial charge in [0.25, 0.3) is 0 Å². The van der Waals surface area contributed by atoms with Crippen molar-refractivity contribution in [1.29, 1.82) is 0 Å². The van der Waals surface area contributed by atoms with Crippen molar-refractivity contribution in [3.63, 3.8) is 0 Å². The molecule has 2 aromatic rings. The van der Waals surface area contributed by atoms with Crippen LogP contribution in [-0.4, -0.2) is 9.97 Å². The first-order valence-corrected chi connectivity index (χ1v) is 6.54. The predicted octanol–water partition coefficient (Wildman–Crippen LogP) is 4.89. The first kappa shape index (κ1) is 14.2. The smallest absolute Gasteiger partial charge is 0.142 e. The monoisotopic (exact) mass is 298 g/mol. The molecule has 19 heavy (non-hydrogen) atoms. The van der Waals surface area contributed by atoms with Gasteiger partial charge in [0.15, 0.2) is 0 Å². The fourth-order valence-electron chi connectivity index (χ4n) is 1.63. The Bertz CT molecular complexity index is 598. The maximum absolute atomic E-state index is 13.8. The Morgan fingerprint density at radius 3 is 2.00 bits per heavy atom. The summed E-state index contributed by atoms with van der Waals surface area (Å²) >= 11 is 12.3. The van der Waals surface area contributed by atoms with E-state index in [0.717, 1.165) is 0 Å². The Morgan fingerprint density at radius 1 is 1.00 bits per heavy atom. The molecule has 0 aliphatic heterocycles. The molecule has 0 radical (unpaired) electrons. The van der Waals surface area contributed by atoms with Gasteiger partial charge in [-0.15, -0.1) is 0 Å². The van der Waals surface area contributed by atoms with Crippen molar-refractivity contribution in [3.05, 3.63) is 46.2 Å². The highest BCUT2D eigenvalue weighted by atomic mass is 35.5. The van der Waals surface area contributed by atoms with E-state index in [0.29, 0.717) is 17.0 Å². The molecule has 0 saturated carbocycles. The van der Waals surface area contributed by atoms with Crippen molar-refractivity contribution in [2.45, 2.75) is 26.2 Å². The Kier molecular flexibility index (Phi) is 3.79.